The van der Waals surface area contributed by atoms with E-state index in [9.17, 15) is 0 Å². The van der Waals surface area contributed by atoms with Gasteiger partial charge in [-0.15, -0.1) is 0 Å². The van der Waals surface area contributed by atoms with Crippen LogP contribution in [0.1, 0.15) is 72.6 Å². The van der Waals surface area contributed by atoms with Crippen LogP contribution < -0.4 is 0 Å². The summed E-state index contributed by atoms with van der Waals surface area (Å²) in [6.07, 6.45) is 10.4. The van der Waals surface area contributed by atoms with Crippen LogP contribution in [-0.4, -0.2) is 73.1 Å². The van der Waals surface area contributed by atoms with Crippen molar-refractivity contribution in [1.29, 1.82) is 0 Å². The zero-order valence-corrected chi connectivity index (χ0v) is 18.8. The Morgan fingerprint density at radius 3 is 2.04 bits per heavy atom. The Hall–Kier alpha value is -0.120. The van der Waals surface area contributed by atoms with E-state index in [0.29, 0.717) is 5.41 Å². The summed E-state index contributed by atoms with van der Waals surface area (Å²) < 4.78 is 0. The van der Waals surface area contributed by atoms with Gasteiger partial charge in [0.1, 0.15) is 0 Å². The number of hydrogen-bond acceptors (Lipinski definition) is 3. The van der Waals surface area contributed by atoms with Gasteiger partial charge in [0.25, 0.3) is 0 Å². The van der Waals surface area contributed by atoms with Crippen molar-refractivity contribution < 1.29 is 0 Å². The summed E-state index contributed by atoms with van der Waals surface area (Å²) in [5, 5.41) is 0. The molecule has 0 N–H and O–H groups in total. The van der Waals surface area contributed by atoms with Gasteiger partial charge in [-0.2, -0.15) is 0 Å². The normalized spacial score (nSPS) is 34.9. The molecule has 27 heavy (non-hydrogen) atoms. The maximum Gasteiger partial charge on any atom is 0.0198 e. The van der Waals surface area contributed by atoms with Gasteiger partial charge in [-0.05, 0) is 102 Å². The van der Waals surface area contributed by atoms with Crippen molar-refractivity contribution >= 4 is 0 Å². The monoisotopic (exact) mass is 375 g/mol. The highest BCUT2D eigenvalue weighted by atomic mass is 15.3. The fourth-order valence-electron chi connectivity index (χ4n) is 7.11. The van der Waals surface area contributed by atoms with E-state index in [1.54, 1.807) is 0 Å². The minimum atomic E-state index is 0.717. The lowest BCUT2D eigenvalue weighted by atomic mass is 9.57. The van der Waals surface area contributed by atoms with E-state index < -0.39 is 0 Å². The highest BCUT2D eigenvalue weighted by Crippen LogP contribution is 2.55. The van der Waals surface area contributed by atoms with Crippen LogP contribution in [0.4, 0.5) is 0 Å². The molecule has 0 aromatic heterocycles. The first-order valence-corrected chi connectivity index (χ1v) is 11.9. The third kappa shape index (κ3) is 4.56. The standard InChI is InChI=1S/C24H45N3/c1-19(2)12-24(6-7-24)18-26-10-8-23(9-11-26)13-22(14-23)17-27-20(3)15-25(5)16-21(27)4/h19-22H,6-18H2,1-5H3/t20-,21-/m0/s1. The summed E-state index contributed by atoms with van der Waals surface area (Å²) in [5.41, 5.74) is 1.45. The maximum atomic E-state index is 2.83. The largest absolute Gasteiger partial charge is 0.303 e. The van der Waals surface area contributed by atoms with Crippen LogP contribution in [-0.2, 0) is 0 Å². The van der Waals surface area contributed by atoms with Crippen molar-refractivity contribution in [2.24, 2.45) is 22.7 Å². The van der Waals surface area contributed by atoms with Crippen molar-refractivity contribution in [2.45, 2.75) is 84.7 Å². The lowest BCUT2D eigenvalue weighted by Gasteiger charge is -2.55. The predicted octanol–water partition coefficient (Wildman–Crippen LogP) is 4.33. The van der Waals surface area contributed by atoms with Crippen molar-refractivity contribution in [3.8, 4) is 0 Å². The second-order valence-corrected chi connectivity index (χ2v) is 11.8. The van der Waals surface area contributed by atoms with Gasteiger partial charge in [0.2, 0.25) is 0 Å². The maximum absolute atomic E-state index is 2.83. The average molecular weight is 376 g/mol. The smallest absolute Gasteiger partial charge is 0.0198 e. The molecule has 2 atom stereocenters. The van der Waals surface area contributed by atoms with Gasteiger partial charge in [0.15, 0.2) is 0 Å². The lowest BCUT2D eigenvalue weighted by Crippen LogP contribution is -2.58. The van der Waals surface area contributed by atoms with Gasteiger partial charge >= 0.3 is 0 Å². The summed E-state index contributed by atoms with van der Waals surface area (Å²) in [6, 6.07) is 1.46. The molecule has 3 heteroatoms. The van der Waals surface area contributed by atoms with Gasteiger partial charge in [-0.1, -0.05) is 13.8 Å². The van der Waals surface area contributed by atoms with E-state index in [-0.39, 0.29) is 0 Å². The minimum Gasteiger partial charge on any atom is -0.303 e. The first-order chi connectivity index (χ1) is 12.8. The molecule has 4 fully saturated rings. The molecule has 0 aromatic rings. The van der Waals surface area contributed by atoms with Crippen LogP contribution in [0.2, 0.25) is 0 Å². The topological polar surface area (TPSA) is 9.72 Å². The third-order valence-corrected chi connectivity index (χ3v) is 8.47. The molecule has 2 aliphatic carbocycles. The molecular formula is C24H45N3. The molecule has 2 saturated heterocycles. The molecule has 0 unspecified atom stereocenters. The summed E-state index contributed by atoms with van der Waals surface area (Å²) >= 11 is 0. The van der Waals surface area contributed by atoms with E-state index >= 15 is 0 Å². The number of likely N-dealkylation sites (N-methyl/N-ethyl adjacent to an activating group) is 1. The van der Waals surface area contributed by atoms with E-state index in [0.717, 1.165) is 29.3 Å². The summed E-state index contributed by atoms with van der Waals surface area (Å²) in [6.45, 7) is 17.7. The van der Waals surface area contributed by atoms with E-state index in [2.05, 4.69) is 49.4 Å². The molecule has 0 amide bonds. The fraction of sp³-hybridized carbons (Fsp3) is 1.00. The minimum absolute atomic E-state index is 0.717. The molecule has 0 bridgehead atoms. The number of likely N-dealkylation sites (tertiary alicyclic amines) is 1. The highest BCUT2D eigenvalue weighted by Gasteiger charge is 2.49. The Morgan fingerprint density at radius 2 is 1.52 bits per heavy atom. The Balaban J connectivity index is 1.20. The molecule has 156 valence electrons. The van der Waals surface area contributed by atoms with E-state index in [1.807, 2.05) is 0 Å². The van der Waals surface area contributed by atoms with Gasteiger partial charge in [0, 0.05) is 38.3 Å². The number of nitrogens with zero attached hydrogens (tertiary/aromatic N) is 3. The quantitative estimate of drug-likeness (QED) is 0.684. The van der Waals surface area contributed by atoms with Gasteiger partial charge < -0.3 is 9.80 Å². The molecule has 2 saturated carbocycles. The SMILES string of the molecule is CC(C)CC1(CN2CCC3(CC2)CC(CN2[C@@H](C)CN(C)C[C@@H]2C)C3)CC1. The zero-order chi connectivity index (χ0) is 19.2. The van der Waals surface area contributed by atoms with Crippen molar-refractivity contribution in [3.63, 3.8) is 0 Å². The summed E-state index contributed by atoms with van der Waals surface area (Å²) in [5.74, 6) is 1.84. The number of piperazine rings is 1. The van der Waals surface area contributed by atoms with E-state index in [4.69, 9.17) is 0 Å². The molecule has 0 radical (unpaired) electrons. The van der Waals surface area contributed by atoms with Crippen molar-refractivity contribution in [2.75, 3.05) is 46.3 Å². The predicted molar refractivity (Wildman–Crippen MR) is 115 cm³/mol. The van der Waals surface area contributed by atoms with Gasteiger partial charge in [0.05, 0.1) is 0 Å². The highest BCUT2D eigenvalue weighted by molar-refractivity contribution is 5.01. The van der Waals surface area contributed by atoms with Crippen LogP contribution in [0.3, 0.4) is 0 Å². The Morgan fingerprint density at radius 1 is 0.926 bits per heavy atom. The Labute approximate surface area is 168 Å². The summed E-state index contributed by atoms with van der Waals surface area (Å²) in [4.78, 5) is 8.16. The molecule has 4 rings (SSSR count). The Kier molecular flexibility index (Phi) is 5.68. The number of hydrogen-bond donors (Lipinski definition) is 0. The molecule has 0 aromatic carbocycles. The molecule has 3 nitrogen and oxygen atoms in total. The second kappa shape index (κ2) is 7.61. The van der Waals surface area contributed by atoms with Crippen LogP contribution in [0.25, 0.3) is 0 Å². The average Bonchev–Trinajstić information content (AvgIpc) is 3.28. The second-order valence-electron chi connectivity index (χ2n) is 11.8. The molecule has 2 heterocycles. The summed E-state index contributed by atoms with van der Waals surface area (Å²) in [7, 11) is 2.28. The lowest BCUT2D eigenvalue weighted by molar-refractivity contribution is -0.0497. The first-order valence-electron chi connectivity index (χ1n) is 11.9. The number of rotatable bonds is 6. The number of piperidine rings is 1. The van der Waals surface area contributed by atoms with Crippen LogP contribution >= 0.6 is 0 Å². The van der Waals surface area contributed by atoms with Crippen LogP contribution in [0.15, 0.2) is 0 Å². The third-order valence-electron chi connectivity index (χ3n) is 8.47. The van der Waals surface area contributed by atoms with Crippen LogP contribution in [0.5, 0.6) is 0 Å². The molecule has 1 spiro atoms. The van der Waals surface area contributed by atoms with Gasteiger partial charge in [-0.25, -0.2) is 0 Å². The fourth-order valence-corrected chi connectivity index (χ4v) is 7.11. The van der Waals surface area contributed by atoms with Crippen molar-refractivity contribution in [1.82, 2.24) is 14.7 Å². The molecule has 4 aliphatic rings. The molecule has 2 aliphatic heterocycles. The van der Waals surface area contributed by atoms with Gasteiger partial charge in [-0.3, -0.25) is 4.90 Å². The van der Waals surface area contributed by atoms with E-state index in [1.165, 1.54) is 84.2 Å². The zero-order valence-electron chi connectivity index (χ0n) is 18.8. The Bertz CT molecular complexity index is 484. The van der Waals surface area contributed by atoms with Crippen molar-refractivity contribution in [3.05, 3.63) is 0 Å². The molecular weight excluding hydrogens is 330 g/mol. The van der Waals surface area contributed by atoms with Crippen LogP contribution in [0, 0.1) is 22.7 Å². The first kappa shape index (κ1) is 20.2.